The van der Waals surface area contributed by atoms with Crippen molar-refractivity contribution in [2.24, 2.45) is 0 Å². The number of aromatic carboxylic acids is 1. The van der Waals surface area contributed by atoms with Crippen LogP contribution in [-0.2, 0) is 17.8 Å². The molecule has 5 nitrogen and oxygen atoms in total. The Labute approximate surface area is 98.4 Å². The minimum absolute atomic E-state index is 0.124. The van der Waals surface area contributed by atoms with Gasteiger partial charge in [0.05, 0.1) is 12.7 Å². The van der Waals surface area contributed by atoms with Crippen molar-refractivity contribution in [1.29, 1.82) is 0 Å². The number of aromatic nitrogens is 1. The molecular formula is C12H15NO4. The van der Waals surface area contributed by atoms with E-state index in [9.17, 15) is 9.59 Å². The number of pyridine rings is 1. The maximum absolute atomic E-state index is 11.5. The summed E-state index contributed by atoms with van der Waals surface area (Å²) in [5.74, 6) is -1.20. The van der Waals surface area contributed by atoms with E-state index in [0.717, 1.165) is 24.1 Å². The van der Waals surface area contributed by atoms with Gasteiger partial charge in [-0.1, -0.05) is 13.3 Å². The van der Waals surface area contributed by atoms with Crippen molar-refractivity contribution < 1.29 is 14.6 Å². The van der Waals surface area contributed by atoms with Crippen molar-refractivity contribution in [2.45, 2.75) is 38.9 Å². The largest absolute Gasteiger partial charge is 0.477 e. The van der Waals surface area contributed by atoms with Crippen molar-refractivity contribution in [2.75, 3.05) is 0 Å². The molecule has 0 saturated heterocycles. The lowest BCUT2D eigenvalue weighted by molar-refractivity contribution is 0.0213. The highest BCUT2D eigenvalue weighted by molar-refractivity contribution is 5.87. The number of fused-ring (bicyclic) bond motifs is 1. The second-order valence-electron chi connectivity index (χ2n) is 4.25. The predicted molar refractivity (Wildman–Crippen MR) is 61.2 cm³/mol. The second kappa shape index (κ2) is 4.71. The van der Waals surface area contributed by atoms with Gasteiger partial charge < -0.3 is 14.8 Å². The first-order valence-corrected chi connectivity index (χ1v) is 5.71. The van der Waals surface area contributed by atoms with Crippen LogP contribution < -0.4 is 5.56 Å². The maximum Gasteiger partial charge on any atom is 0.341 e. The smallest absolute Gasteiger partial charge is 0.341 e. The molecule has 0 amide bonds. The zero-order valence-corrected chi connectivity index (χ0v) is 9.66. The van der Waals surface area contributed by atoms with Gasteiger partial charge in [-0.2, -0.15) is 0 Å². The van der Waals surface area contributed by atoms with Crippen LogP contribution in [0.3, 0.4) is 0 Å². The van der Waals surface area contributed by atoms with Gasteiger partial charge in [0.2, 0.25) is 0 Å². The Balaban J connectivity index is 2.32. The van der Waals surface area contributed by atoms with Crippen molar-refractivity contribution in [3.05, 3.63) is 33.2 Å². The summed E-state index contributed by atoms with van der Waals surface area (Å²) in [5, 5.41) is 8.84. The Bertz CT molecular complexity index is 492. The van der Waals surface area contributed by atoms with Crippen molar-refractivity contribution >= 4 is 5.97 Å². The zero-order valence-electron chi connectivity index (χ0n) is 9.66. The van der Waals surface area contributed by atoms with Gasteiger partial charge in [-0.15, -0.1) is 0 Å². The summed E-state index contributed by atoms with van der Waals surface area (Å²) in [6, 6.07) is 1.42. The first kappa shape index (κ1) is 11.9. The number of carbonyl (C=O) groups is 1. The lowest BCUT2D eigenvalue weighted by Gasteiger charge is -2.24. The fourth-order valence-corrected chi connectivity index (χ4v) is 2.08. The van der Waals surface area contributed by atoms with Crippen LogP contribution in [0.25, 0.3) is 0 Å². The van der Waals surface area contributed by atoms with Gasteiger partial charge in [0, 0.05) is 12.1 Å². The van der Waals surface area contributed by atoms with Crippen LogP contribution in [0.4, 0.5) is 0 Å². The van der Waals surface area contributed by atoms with E-state index in [-0.39, 0.29) is 11.7 Å². The molecule has 1 aromatic heterocycles. The van der Waals surface area contributed by atoms with Gasteiger partial charge in [-0.05, 0) is 18.1 Å². The van der Waals surface area contributed by atoms with Gasteiger partial charge in [0.25, 0.3) is 5.56 Å². The normalized spacial score (nSPS) is 18.8. The molecule has 5 heteroatoms. The van der Waals surface area contributed by atoms with Crippen LogP contribution in [0.2, 0.25) is 0 Å². The Hall–Kier alpha value is -1.62. The van der Waals surface area contributed by atoms with E-state index in [2.05, 4.69) is 11.9 Å². The van der Waals surface area contributed by atoms with E-state index in [0.29, 0.717) is 13.0 Å². The van der Waals surface area contributed by atoms with Crippen LogP contribution in [0.5, 0.6) is 0 Å². The number of carboxylic acid groups (broad SMARTS) is 1. The Morgan fingerprint density at radius 3 is 3.06 bits per heavy atom. The highest BCUT2D eigenvalue weighted by atomic mass is 16.5. The number of hydrogen-bond donors (Lipinski definition) is 2. The van der Waals surface area contributed by atoms with Gasteiger partial charge in [0.1, 0.15) is 5.56 Å². The predicted octanol–water partition coefficient (Wildman–Crippen LogP) is 1.31. The summed E-state index contributed by atoms with van der Waals surface area (Å²) in [5.41, 5.74) is 0.828. The van der Waals surface area contributed by atoms with Crippen LogP contribution in [-0.4, -0.2) is 22.2 Å². The number of aromatic amines is 1. The third-order valence-electron chi connectivity index (χ3n) is 2.96. The molecule has 1 aliphatic rings. The molecule has 17 heavy (non-hydrogen) atoms. The number of nitrogens with one attached hydrogen (secondary N) is 1. The molecule has 0 fully saturated rings. The Kier molecular flexibility index (Phi) is 3.28. The average Bonchev–Trinajstić information content (AvgIpc) is 2.28. The molecule has 0 aliphatic carbocycles. The summed E-state index contributed by atoms with van der Waals surface area (Å²) in [6.45, 7) is 2.45. The highest BCUT2D eigenvalue weighted by Crippen LogP contribution is 2.20. The van der Waals surface area contributed by atoms with Crippen LogP contribution in [0.15, 0.2) is 10.9 Å². The van der Waals surface area contributed by atoms with Gasteiger partial charge >= 0.3 is 5.97 Å². The fraction of sp³-hybridized carbons (Fsp3) is 0.500. The summed E-state index contributed by atoms with van der Waals surface area (Å²) in [7, 11) is 0. The molecule has 1 aromatic rings. The Morgan fingerprint density at radius 2 is 2.41 bits per heavy atom. The topological polar surface area (TPSA) is 79.4 Å². The summed E-state index contributed by atoms with van der Waals surface area (Å²) in [4.78, 5) is 25.0. The van der Waals surface area contributed by atoms with E-state index >= 15 is 0 Å². The van der Waals surface area contributed by atoms with Crippen molar-refractivity contribution in [1.82, 2.24) is 4.98 Å². The van der Waals surface area contributed by atoms with Gasteiger partial charge in [0.15, 0.2) is 0 Å². The van der Waals surface area contributed by atoms with Gasteiger partial charge in [-0.25, -0.2) is 4.79 Å². The van der Waals surface area contributed by atoms with E-state index < -0.39 is 11.5 Å². The van der Waals surface area contributed by atoms with Crippen molar-refractivity contribution in [3.8, 4) is 0 Å². The molecule has 0 bridgehead atoms. The zero-order chi connectivity index (χ0) is 12.4. The molecule has 0 aromatic carbocycles. The highest BCUT2D eigenvalue weighted by Gasteiger charge is 2.21. The van der Waals surface area contributed by atoms with E-state index in [1.54, 1.807) is 0 Å². The summed E-state index contributed by atoms with van der Waals surface area (Å²) < 4.78 is 5.60. The molecule has 2 rings (SSSR count). The second-order valence-corrected chi connectivity index (χ2v) is 4.25. The average molecular weight is 237 g/mol. The van der Waals surface area contributed by atoms with Crippen LogP contribution in [0, 0.1) is 0 Å². The third-order valence-corrected chi connectivity index (χ3v) is 2.96. The minimum Gasteiger partial charge on any atom is -0.477 e. The third kappa shape index (κ3) is 2.39. The lowest BCUT2D eigenvalue weighted by atomic mass is 10.0. The quantitative estimate of drug-likeness (QED) is 0.830. The number of carboxylic acids is 1. The molecule has 1 atom stereocenters. The molecule has 0 unspecified atom stereocenters. The number of hydrogen-bond acceptors (Lipinski definition) is 3. The monoisotopic (exact) mass is 237 g/mol. The van der Waals surface area contributed by atoms with E-state index in [1.807, 2.05) is 0 Å². The Morgan fingerprint density at radius 1 is 1.65 bits per heavy atom. The van der Waals surface area contributed by atoms with E-state index in [1.165, 1.54) is 6.07 Å². The standard InChI is InChI=1S/C12H15NO4/c1-2-3-8-5-10-7(6-17-8)4-9(12(15)16)11(14)13-10/h4,8H,2-3,5-6H2,1H3,(H,13,14)(H,15,16)/t8-/m0/s1. The first-order chi connectivity index (χ1) is 8.11. The molecular weight excluding hydrogens is 222 g/mol. The molecule has 0 radical (unpaired) electrons. The number of ether oxygens (including phenoxy) is 1. The first-order valence-electron chi connectivity index (χ1n) is 5.71. The van der Waals surface area contributed by atoms with Crippen LogP contribution >= 0.6 is 0 Å². The van der Waals surface area contributed by atoms with Crippen LogP contribution in [0.1, 0.15) is 41.4 Å². The minimum atomic E-state index is -1.20. The SMILES string of the molecule is CCC[C@H]1Cc2[nH]c(=O)c(C(=O)O)cc2CO1. The molecule has 2 N–H and O–H groups in total. The molecule has 0 spiro atoms. The fourth-order valence-electron chi connectivity index (χ4n) is 2.08. The lowest BCUT2D eigenvalue weighted by Crippen LogP contribution is -2.28. The van der Waals surface area contributed by atoms with Gasteiger partial charge in [-0.3, -0.25) is 4.79 Å². The summed E-state index contributed by atoms with van der Waals surface area (Å²) in [6.07, 6.45) is 2.75. The molecule has 2 heterocycles. The molecule has 0 saturated carbocycles. The van der Waals surface area contributed by atoms with E-state index in [4.69, 9.17) is 9.84 Å². The summed E-state index contributed by atoms with van der Waals surface area (Å²) >= 11 is 0. The number of H-pyrrole nitrogens is 1. The van der Waals surface area contributed by atoms with Crippen molar-refractivity contribution in [3.63, 3.8) is 0 Å². The maximum atomic E-state index is 11.5. The molecule has 1 aliphatic heterocycles. The number of rotatable bonds is 3. The molecule has 92 valence electrons.